The molecule has 0 unspecified atom stereocenters. The minimum atomic E-state index is -0.443. The molecule has 1 aliphatic carbocycles. The average molecular weight is 400 g/mol. The maximum Gasteiger partial charge on any atom is 0.259 e. The number of hydrogen-bond acceptors (Lipinski definition) is 7. The van der Waals surface area contributed by atoms with Gasteiger partial charge < -0.3 is 19.9 Å². The van der Waals surface area contributed by atoms with Crippen molar-refractivity contribution in [3.05, 3.63) is 40.5 Å². The highest BCUT2D eigenvalue weighted by Crippen LogP contribution is 2.48. The van der Waals surface area contributed by atoms with E-state index in [9.17, 15) is 4.79 Å². The van der Waals surface area contributed by atoms with Crippen molar-refractivity contribution in [1.82, 2.24) is 14.8 Å². The van der Waals surface area contributed by atoms with E-state index < -0.39 is 5.91 Å². The summed E-state index contributed by atoms with van der Waals surface area (Å²) in [4.78, 5) is 16.7. The lowest BCUT2D eigenvalue weighted by Crippen LogP contribution is -2.13. The lowest BCUT2D eigenvalue weighted by Gasteiger charge is -2.16. The Morgan fingerprint density at radius 1 is 1.29 bits per heavy atom. The number of fused-ring (bicyclic) bond motifs is 3. The summed E-state index contributed by atoms with van der Waals surface area (Å²) < 4.78 is 18.3. The average Bonchev–Trinajstić information content (AvgIpc) is 3.24. The van der Waals surface area contributed by atoms with Gasteiger partial charge in [0.25, 0.3) is 5.91 Å². The van der Waals surface area contributed by atoms with E-state index in [0.717, 1.165) is 35.2 Å². The maximum absolute atomic E-state index is 12.0. The molecule has 0 saturated heterocycles. The minimum Gasteiger partial charge on any atom is -0.475 e. The fourth-order valence-corrected chi connectivity index (χ4v) is 4.36. The van der Waals surface area contributed by atoms with Crippen LogP contribution >= 0.6 is 11.3 Å². The molecule has 146 valence electrons. The zero-order chi connectivity index (χ0) is 19.7. The number of carbonyl (C=O) groups is 1. The normalized spacial score (nSPS) is 12.4. The summed E-state index contributed by atoms with van der Waals surface area (Å²) in [5.74, 6) is 0.597. The van der Waals surface area contributed by atoms with E-state index >= 15 is 0 Å². The van der Waals surface area contributed by atoms with E-state index in [0.29, 0.717) is 34.8 Å². The number of pyridine rings is 1. The topological polar surface area (TPSA) is 101 Å². The van der Waals surface area contributed by atoms with Crippen LogP contribution < -0.4 is 15.2 Å². The van der Waals surface area contributed by atoms with Gasteiger partial charge in [-0.05, 0) is 30.0 Å². The third kappa shape index (κ3) is 3.34. The molecule has 0 aliphatic heterocycles. The SMILES string of the molecule is COCCOc1ccc(Oc2sc(C(N)=O)c3c2-c2c(cnn2C)CC3)cn1. The highest BCUT2D eigenvalue weighted by atomic mass is 32.1. The van der Waals surface area contributed by atoms with Gasteiger partial charge in [0.2, 0.25) is 5.88 Å². The van der Waals surface area contributed by atoms with Crippen LogP contribution in [0.1, 0.15) is 20.8 Å². The Balaban J connectivity index is 1.66. The predicted octanol–water partition coefficient (Wildman–Crippen LogP) is 2.56. The molecule has 1 amide bonds. The van der Waals surface area contributed by atoms with Gasteiger partial charge in [-0.3, -0.25) is 9.48 Å². The third-order valence-corrected chi connectivity index (χ3v) is 5.68. The van der Waals surface area contributed by atoms with Crippen molar-refractivity contribution in [3.8, 4) is 28.0 Å². The zero-order valence-electron chi connectivity index (χ0n) is 15.6. The number of rotatable bonds is 7. The molecule has 0 saturated carbocycles. The largest absolute Gasteiger partial charge is 0.475 e. The Bertz CT molecular complexity index is 1010. The van der Waals surface area contributed by atoms with Crippen LogP contribution in [0, 0.1) is 0 Å². The van der Waals surface area contributed by atoms with Crippen molar-refractivity contribution in [3.63, 3.8) is 0 Å². The first-order chi connectivity index (χ1) is 13.6. The molecule has 28 heavy (non-hydrogen) atoms. The van der Waals surface area contributed by atoms with E-state index in [1.54, 1.807) is 25.4 Å². The number of thiophene rings is 1. The van der Waals surface area contributed by atoms with Gasteiger partial charge in [-0.25, -0.2) is 4.98 Å². The van der Waals surface area contributed by atoms with Crippen LogP contribution in [0.5, 0.6) is 16.7 Å². The zero-order valence-corrected chi connectivity index (χ0v) is 16.4. The van der Waals surface area contributed by atoms with Gasteiger partial charge in [0.1, 0.15) is 12.4 Å². The Morgan fingerprint density at radius 2 is 2.14 bits per heavy atom. The van der Waals surface area contributed by atoms with E-state index in [1.807, 2.05) is 17.9 Å². The van der Waals surface area contributed by atoms with Crippen LogP contribution in [0.4, 0.5) is 0 Å². The van der Waals surface area contributed by atoms with Crippen LogP contribution in [0.3, 0.4) is 0 Å². The number of amides is 1. The first kappa shape index (κ1) is 18.5. The summed E-state index contributed by atoms with van der Waals surface area (Å²) in [6.45, 7) is 0.914. The van der Waals surface area contributed by atoms with Crippen LogP contribution in [-0.2, 0) is 24.6 Å². The van der Waals surface area contributed by atoms with Gasteiger partial charge in [-0.15, -0.1) is 0 Å². The molecule has 0 atom stereocenters. The number of nitrogens with two attached hydrogens (primary N) is 1. The summed E-state index contributed by atoms with van der Waals surface area (Å²) >= 11 is 1.26. The fraction of sp³-hybridized carbons (Fsp3) is 0.316. The Hall–Kier alpha value is -2.91. The van der Waals surface area contributed by atoms with E-state index in [1.165, 1.54) is 11.3 Å². The molecule has 0 radical (unpaired) electrons. The molecule has 3 aromatic heterocycles. The molecule has 9 heteroatoms. The van der Waals surface area contributed by atoms with Crippen LogP contribution in [0.15, 0.2) is 24.5 Å². The summed E-state index contributed by atoms with van der Waals surface area (Å²) in [5, 5.41) is 4.97. The second-order valence-corrected chi connectivity index (χ2v) is 7.34. The van der Waals surface area contributed by atoms with Crippen molar-refractivity contribution in [2.45, 2.75) is 12.8 Å². The number of nitrogens with zero attached hydrogens (tertiary/aromatic N) is 3. The Labute approximate surface area is 165 Å². The molecule has 3 aromatic rings. The first-order valence-electron chi connectivity index (χ1n) is 8.80. The van der Waals surface area contributed by atoms with E-state index in [2.05, 4.69) is 10.1 Å². The highest BCUT2D eigenvalue weighted by molar-refractivity contribution is 7.16. The molecule has 3 heterocycles. The van der Waals surface area contributed by atoms with E-state index in [-0.39, 0.29) is 0 Å². The number of aryl methyl sites for hydroxylation is 2. The van der Waals surface area contributed by atoms with Gasteiger partial charge in [0, 0.05) is 20.2 Å². The van der Waals surface area contributed by atoms with Crippen LogP contribution in [0.25, 0.3) is 11.3 Å². The molecule has 0 bridgehead atoms. The summed E-state index contributed by atoms with van der Waals surface area (Å²) in [6, 6.07) is 3.51. The van der Waals surface area contributed by atoms with Crippen molar-refractivity contribution < 1.29 is 19.0 Å². The predicted molar refractivity (Wildman–Crippen MR) is 104 cm³/mol. The van der Waals surface area contributed by atoms with Gasteiger partial charge in [-0.2, -0.15) is 5.10 Å². The third-order valence-electron chi connectivity index (χ3n) is 4.55. The quantitative estimate of drug-likeness (QED) is 0.612. The number of aromatic nitrogens is 3. The molecule has 0 aromatic carbocycles. The highest BCUT2D eigenvalue weighted by Gasteiger charge is 2.30. The monoisotopic (exact) mass is 400 g/mol. The number of hydrogen-bond donors (Lipinski definition) is 1. The van der Waals surface area contributed by atoms with Gasteiger partial charge in [0.05, 0.1) is 35.1 Å². The van der Waals surface area contributed by atoms with Crippen molar-refractivity contribution in [1.29, 1.82) is 0 Å². The van der Waals surface area contributed by atoms with Crippen molar-refractivity contribution in [2.75, 3.05) is 20.3 Å². The molecule has 8 nitrogen and oxygen atoms in total. The smallest absolute Gasteiger partial charge is 0.259 e. The summed E-state index contributed by atoms with van der Waals surface area (Å²) in [6.07, 6.45) is 5.00. The van der Waals surface area contributed by atoms with Crippen molar-refractivity contribution in [2.24, 2.45) is 12.8 Å². The number of ether oxygens (including phenoxy) is 3. The van der Waals surface area contributed by atoms with Gasteiger partial charge >= 0.3 is 0 Å². The number of primary amides is 1. The molecular weight excluding hydrogens is 380 g/mol. The molecular formula is C19H20N4O4S. The number of carbonyl (C=O) groups excluding carboxylic acids is 1. The molecule has 0 spiro atoms. The lowest BCUT2D eigenvalue weighted by atomic mass is 9.91. The summed E-state index contributed by atoms with van der Waals surface area (Å²) in [7, 11) is 3.50. The second-order valence-electron chi connectivity index (χ2n) is 6.35. The summed E-state index contributed by atoms with van der Waals surface area (Å²) in [5.41, 5.74) is 9.52. The fourth-order valence-electron chi connectivity index (χ4n) is 3.29. The van der Waals surface area contributed by atoms with Gasteiger partial charge in [-0.1, -0.05) is 11.3 Å². The van der Waals surface area contributed by atoms with Crippen LogP contribution in [0.2, 0.25) is 0 Å². The maximum atomic E-state index is 12.0. The van der Waals surface area contributed by atoms with Crippen LogP contribution in [-0.4, -0.2) is 41.0 Å². The molecule has 0 fully saturated rings. The van der Waals surface area contributed by atoms with Crippen molar-refractivity contribution >= 4 is 17.2 Å². The molecule has 4 rings (SSSR count). The molecule has 2 N–H and O–H groups in total. The second kappa shape index (κ2) is 7.61. The Kier molecular flexibility index (Phi) is 5.01. The first-order valence-corrected chi connectivity index (χ1v) is 9.62. The standard InChI is InChI=1S/C19H20N4O4S/c1-23-16-11(9-22-23)3-5-13-15(16)19(28-17(13)18(20)24)27-12-4-6-14(21-10-12)26-8-7-25-2/h4,6,9-10H,3,5,7-8H2,1-2H3,(H2,20,24). The van der Waals surface area contributed by atoms with E-state index in [4.69, 9.17) is 19.9 Å². The number of methoxy groups -OCH3 is 1. The van der Waals surface area contributed by atoms with Gasteiger partial charge in [0.15, 0.2) is 5.06 Å². The Morgan fingerprint density at radius 3 is 2.86 bits per heavy atom. The molecule has 1 aliphatic rings. The lowest BCUT2D eigenvalue weighted by molar-refractivity contribution is 0.100. The minimum absolute atomic E-state index is 0.424.